The third-order valence-corrected chi connectivity index (χ3v) is 3.59. The Bertz CT molecular complexity index is 274. The van der Waals surface area contributed by atoms with Gasteiger partial charge in [-0.3, -0.25) is 9.59 Å². The molecule has 2 aliphatic rings. The Morgan fingerprint density at radius 2 is 2.50 bits per heavy atom. The molecular weight excluding hydrogens is 174 g/mol. The number of β-lactam (4-membered cyclic amide) rings is 1. The lowest BCUT2D eigenvalue weighted by Gasteiger charge is -2.42. The van der Waals surface area contributed by atoms with Gasteiger partial charge in [-0.25, -0.2) is 0 Å². The molecule has 1 unspecified atom stereocenters. The number of nitrogens with zero attached hydrogens (tertiary/aromatic N) is 1. The second-order valence-electron chi connectivity index (χ2n) is 2.99. The van der Waals surface area contributed by atoms with Crippen molar-refractivity contribution in [3.8, 4) is 0 Å². The van der Waals surface area contributed by atoms with Crippen LogP contribution in [-0.4, -0.2) is 27.7 Å². The largest absolute Gasteiger partial charge is 0.306 e. The Morgan fingerprint density at radius 1 is 1.75 bits per heavy atom. The Balaban J connectivity index is 2.24. The number of amides is 1. The zero-order chi connectivity index (χ0) is 8.72. The fourth-order valence-electron chi connectivity index (χ4n) is 1.38. The smallest absolute Gasteiger partial charge is 0.230 e. The SMILES string of the molecule is CC1S[C@@H]2CC(=O)N2C=C1C=O. The topological polar surface area (TPSA) is 37.4 Å². The van der Waals surface area contributed by atoms with E-state index in [1.165, 1.54) is 0 Å². The second kappa shape index (κ2) is 2.62. The van der Waals surface area contributed by atoms with Crippen molar-refractivity contribution in [2.75, 3.05) is 0 Å². The van der Waals surface area contributed by atoms with E-state index in [1.807, 2.05) is 6.92 Å². The molecule has 1 fully saturated rings. The highest BCUT2D eigenvalue weighted by Crippen LogP contribution is 2.39. The third kappa shape index (κ3) is 0.982. The normalized spacial score (nSPS) is 33.6. The summed E-state index contributed by atoms with van der Waals surface area (Å²) < 4.78 is 0. The zero-order valence-electron chi connectivity index (χ0n) is 6.69. The van der Waals surface area contributed by atoms with Crippen LogP contribution in [0.2, 0.25) is 0 Å². The number of carbonyl (C=O) groups is 2. The highest BCUT2D eigenvalue weighted by Gasteiger charge is 2.40. The molecule has 2 atom stereocenters. The molecule has 4 heteroatoms. The number of carbonyl (C=O) groups excluding carboxylic acids is 2. The Labute approximate surface area is 74.8 Å². The average molecular weight is 183 g/mol. The van der Waals surface area contributed by atoms with Gasteiger partial charge in [0.25, 0.3) is 0 Å². The van der Waals surface area contributed by atoms with E-state index < -0.39 is 0 Å². The molecule has 0 aromatic heterocycles. The molecule has 2 rings (SSSR count). The molecule has 0 aromatic carbocycles. The first-order valence-electron chi connectivity index (χ1n) is 3.86. The highest BCUT2D eigenvalue weighted by molar-refractivity contribution is 8.00. The minimum atomic E-state index is 0.124. The van der Waals surface area contributed by atoms with Crippen LogP contribution in [0.1, 0.15) is 13.3 Å². The van der Waals surface area contributed by atoms with Crippen molar-refractivity contribution in [2.45, 2.75) is 24.0 Å². The number of thioether (sulfide) groups is 1. The summed E-state index contributed by atoms with van der Waals surface area (Å²) in [4.78, 5) is 23.2. The minimum Gasteiger partial charge on any atom is -0.306 e. The lowest BCUT2D eigenvalue weighted by Crippen LogP contribution is -2.50. The molecular formula is C8H9NO2S. The van der Waals surface area contributed by atoms with E-state index in [0.717, 1.165) is 6.29 Å². The summed E-state index contributed by atoms with van der Waals surface area (Å²) >= 11 is 1.68. The molecule has 0 aromatic rings. The summed E-state index contributed by atoms with van der Waals surface area (Å²) in [5.41, 5.74) is 0.712. The van der Waals surface area contributed by atoms with Crippen molar-refractivity contribution in [3.63, 3.8) is 0 Å². The van der Waals surface area contributed by atoms with Crippen molar-refractivity contribution >= 4 is 24.0 Å². The number of hydrogen-bond donors (Lipinski definition) is 0. The summed E-state index contributed by atoms with van der Waals surface area (Å²) in [7, 11) is 0. The Kier molecular flexibility index (Phi) is 1.72. The van der Waals surface area contributed by atoms with Gasteiger partial charge in [0.2, 0.25) is 5.91 Å². The molecule has 2 heterocycles. The molecule has 0 spiro atoms. The highest BCUT2D eigenvalue weighted by atomic mass is 32.2. The van der Waals surface area contributed by atoms with Crippen LogP contribution in [0.3, 0.4) is 0 Å². The standard InChI is InChI=1S/C8H9NO2S/c1-5-6(4-10)3-9-7(11)2-8(9)12-5/h3-5,8H,2H2,1H3/t5?,8-/m1/s1. The van der Waals surface area contributed by atoms with Crippen LogP contribution < -0.4 is 0 Å². The molecule has 1 amide bonds. The fraction of sp³-hybridized carbons (Fsp3) is 0.500. The van der Waals surface area contributed by atoms with Crippen LogP contribution >= 0.6 is 11.8 Å². The first kappa shape index (κ1) is 7.86. The van der Waals surface area contributed by atoms with Crippen LogP contribution in [0.25, 0.3) is 0 Å². The maximum atomic E-state index is 11.0. The number of aldehydes is 1. The van der Waals surface area contributed by atoms with Gasteiger partial charge >= 0.3 is 0 Å². The first-order valence-corrected chi connectivity index (χ1v) is 4.80. The molecule has 0 N–H and O–H groups in total. The predicted octanol–water partition coefficient (Wildman–Crippen LogP) is 0.763. The first-order chi connectivity index (χ1) is 5.72. The molecule has 1 saturated heterocycles. The number of rotatable bonds is 1. The maximum Gasteiger partial charge on any atom is 0.230 e. The molecule has 0 aliphatic carbocycles. The number of hydrogen-bond acceptors (Lipinski definition) is 3. The van der Waals surface area contributed by atoms with Gasteiger partial charge in [0.15, 0.2) is 0 Å². The third-order valence-electron chi connectivity index (χ3n) is 2.20. The molecule has 64 valence electrons. The summed E-state index contributed by atoms with van der Waals surface area (Å²) in [6.45, 7) is 1.99. The lowest BCUT2D eigenvalue weighted by molar-refractivity contribution is -0.137. The lowest BCUT2D eigenvalue weighted by atomic mass is 10.1. The van der Waals surface area contributed by atoms with Crippen molar-refractivity contribution in [3.05, 3.63) is 11.8 Å². The summed E-state index contributed by atoms with van der Waals surface area (Å²) in [6, 6.07) is 0. The van der Waals surface area contributed by atoms with E-state index in [-0.39, 0.29) is 16.5 Å². The second-order valence-corrected chi connectivity index (χ2v) is 4.51. The average Bonchev–Trinajstić information content (AvgIpc) is 2.04. The van der Waals surface area contributed by atoms with Gasteiger partial charge in [-0.05, 0) is 6.92 Å². The maximum absolute atomic E-state index is 11.0. The van der Waals surface area contributed by atoms with Crippen LogP contribution in [0.15, 0.2) is 11.8 Å². The van der Waals surface area contributed by atoms with Crippen molar-refractivity contribution in [2.24, 2.45) is 0 Å². The van der Waals surface area contributed by atoms with E-state index >= 15 is 0 Å². The van der Waals surface area contributed by atoms with Gasteiger partial charge in [0, 0.05) is 17.0 Å². The van der Waals surface area contributed by atoms with E-state index in [2.05, 4.69) is 0 Å². The molecule has 12 heavy (non-hydrogen) atoms. The zero-order valence-corrected chi connectivity index (χ0v) is 7.50. The predicted molar refractivity (Wildman–Crippen MR) is 46.5 cm³/mol. The van der Waals surface area contributed by atoms with Gasteiger partial charge in [-0.2, -0.15) is 0 Å². The quantitative estimate of drug-likeness (QED) is 0.445. The Morgan fingerprint density at radius 3 is 3.08 bits per heavy atom. The van der Waals surface area contributed by atoms with Gasteiger partial charge in [0.05, 0.1) is 11.8 Å². The number of fused-ring (bicyclic) bond motifs is 1. The van der Waals surface area contributed by atoms with Gasteiger partial charge in [0.1, 0.15) is 6.29 Å². The molecule has 0 saturated carbocycles. The van der Waals surface area contributed by atoms with E-state index in [9.17, 15) is 9.59 Å². The molecule has 0 bridgehead atoms. The molecule has 3 nitrogen and oxygen atoms in total. The van der Waals surface area contributed by atoms with E-state index in [1.54, 1.807) is 22.9 Å². The van der Waals surface area contributed by atoms with Crippen LogP contribution in [0.5, 0.6) is 0 Å². The molecule has 0 radical (unpaired) electrons. The Hall–Kier alpha value is -0.770. The fourth-order valence-corrected chi connectivity index (χ4v) is 2.67. The van der Waals surface area contributed by atoms with Crippen molar-refractivity contribution in [1.82, 2.24) is 4.90 Å². The van der Waals surface area contributed by atoms with Gasteiger partial charge in [-0.1, -0.05) is 0 Å². The van der Waals surface area contributed by atoms with E-state index in [4.69, 9.17) is 0 Å². The molecule has 2 aliphatic heterocycles. The van der Waals surface area contributed by atoms with E-state index in [0.29, 0.717) is 12.0 Å². The van der Waals surface area contributed by atoms with Crippen LogP contribution in [0.4, 0.5) is 0 Å². The monoisotopic (exact) mass is 183 g/mol. The summed E-state index contributed by atoms with van der Waals surface area (Å²) in [6.07, 6.45) is 3.14. The summed E-state index contributed by atoms with van der Waals surface area (Å²) in [5, 5.41) is 0.521. The minimum absolute atomic E-state index is 0.124. The van der Waals surface area contributed by atoms with Gasteiger partial charge in [-0.15, -0.1) is 11.8 Å². The van der Waals surface area contributed by atoms with Crippen LogP contribution in [-0.2, 0) is 9.59 Å². The van der Waals surface area contributed by atoms with Crippen molar-refractivity contribution in [1.29, 1.82) is 0 Å². The van der Waals surface area contributed by atoms with Gasteiger partial charge < -0.3 is 4.90 Å². The summed E-state index contributed by atoms with van der Waals surface area (Å²) in [5.74, 6) is 0.124. The van der Waals surface area contributed by atoms with Crippen LogP contribution in [0, 0.1) is 0 Å². The van der Waals surface area contributed by atoms with Crippen molar-refractivity contribution < 1.29 is 9.59 Å².